The molecule has 4 N–H and O–H groups in total. The van der Waals surface area contributed by atoms with Crippen molar-refractivity contribution >= 4 is 40.6 Å². The molecule has 0 saturated carbocycles. The van der Waals surface area contributed by atoms with Gasteiger partial charge in [-0.15, -0.1) is 11.3 Å². The van der Waals surface area contributed by atoms with Gasteiger partial charge in [0.1, 0.15) is 0 Å². The van der Waals surface area contributed by atoms with E-state index in [-0.39, 0.29) is 23.9 Å². The van der Waals surface area contributed by atoms with Crippen molar-refractivity contribution in [2.75, 3.05) is 0 Å². The monoisotopic (exact) mass is 387 g/mol. The molecule has 0 saturated heterocycles. The Bertz CT molecular complexity index is 972. The van der Waals surface area contributed by atoms with Gasteiger partial charge in [-0.05, 0) is 41.5 Å². The smallest absolute Gasteiger partial charge is 0.253 e. The van der Waals surface area contributed by atoms with Gasteiger partial charge in [-0.2, -0.15) is 4.99 Å². The van der Waals surface area contributed by atoms with Gasteiger partial charge in [0.25, 0.3) is 5.91 Å². The first-order valence-electron chi connectivity index (χ1n) is 7.53. The molecule has 1 aromatic carbocycles. The lowest BCUT2D eigenvalue weighted by atomic mass is 10.1. The molecular weight excluding hydrogens is 374 g/mol. The highest BCUT2D eigenvalue weighted by Crippen LogP contribution is 2.35. The number of ketones is 1. The van der Waals surface area contributed by atoms with Gasteiger partial charge in [0.15, 0.2) is 11.7 Å². The molecule has 132 valence electrons. The van der Waals surface area contributed by atoms with Crippen molar-refractivity contribution in [2.45, 2.75) is 6.42 Å². The zero-order valence-corrected chi connectivity index (χ0v) is 15.0. The number of thiophene rings is 1. The van der Waals surface area contributed by atoms with Gasteiger partial charge in [0, 0.05) is 9.90 Å². The van der Waals surface area contributed by atoms with Crippen molar-refractivity contribution in [2.24, 2.45) is 16.5 Å². The maximum atomic E-state index is 12.6. The number of halogens is 1. The summed E-state index contributed by atoms with van der Waals surface area (Å²) in [6.45, 7) is 0. The van der Waals surface area contributed by atoms with Crippen molar-refractivity contribution in [3.05, 3.63) is 70.0 Å². The van der Waals surface area contributed by atoms with Crippen LogP contribution in [0.5, 0.6) is 0 Å². The lowest BCUT2D eigenvalue weighted by Gasteiger charge is -2.02. The number of carbonyl (C=O) groups excluding carboxylic acids is 2. The average Bonchev–Trinajstić information content (AvgIpc) is 3.24. The van der Waals surface area contributed by atoms with Crippen LogP contribution in [0.3, 0.4) is 0 Å². The summed E-state index contributed by atoms with van der Waals surface area (Å²) < 4.78 is 5.17. The van der Waals surface area contributed by atoms with Crippen LogP contribution in [0.4, 0.5) is 0 Å². The Kier molecular flexibility index (Phi) is 5.20. The summed E-state index contributed by atoms with van der Waals surface area (Å²) in [5, 5.41) is 0.593. The van der Waals surface area contributed by atoms with E-state index in [9.17, 15) is 9.59 Å². The number of carbonyl (C=O) groups is 2. The molecular formula is C18H14ClN3O3S. The van der Waals surface area contributed by atoms with Gasteiger partial charge in [-0.1, -0.05) is 23.7 Å². The SMILES string of the molecule is NC(N)=NC(=O)Cc1cc(C(=O)c2ccco2)sc1-c1ccc(Cl)cc1. The van der Waals surface area contributed by atoms with Gasteiger partial charge >= 0.3 is 0 Å². The standard InChI is InChI=1S/C18H14ClN3O3S/c19-12-5-3-10(4-6-12)17-11(9-15(23)22-18(20)21)8-14(26-17)16(24)13-2-1-7-25-13/h1-8H,9H2,(H4,20,21,22,23). The molecule has 0 aliphatic rings. The van der Waals surface area contributed by atoms with Crippen LogP contribution in [0.25, 0.3) is 10.4 Å². The van der Waals surface area contributed by atoms with Crippen molar-refractivity contribution in [3.63, 3.8) is 0 Å². The molecule has 6 nitrogen and oxygen atoms in total. The van der Waals surface area contributed by atoms with E-state index in [0.29, 0.717) is 15.5 Å². The molecule has 8 heteroatoms. The van der Waals surface area contributed by atoms with Gasteiger partial charge < -0.3 is 15.9 Å². The first-order chi connectivity index (χ1) is 12.4. The Balaban J connectivity index is 2.02. The fourth-order valence-corrected chi connectivity index (χ4v) is 3.65. The summed E-state index contributed by atoms with van der Waals surface area (Å²) >= 11 is 7.21. The number of nitrogens with zero attached hydrogens (tertiary/aromatic N) is 1. The molecule has 26 heavy (non-hydrogen) atoms. The minimum Gasteiger partial charge on any atom is -0.461 e. The van der Waals surface area contributed by atoms with Crippen molar-refractivity contribution in [3.8, 4) is 10.4 Å². The third-order valence-electron chi connectivity index (χ3n) is 3.48. The van der Waals surface area contributed by atoms with E-state index in [1.807, 2.05) is 12.1 Å². The number of hydrogen-bond acceptors (Lipinski definition) is 4. The van der Waals surface area contributed by atoms with Crippen LogP contribution in [0, 0.1) is 0 Å². The first-order valence-corrected chi connectivity index (χ1v) is 8.73. The Morgan fingerprint density at radius 2 is 1.88 bits per heavy atom. The van der Waals surface area contributed by atoms with E-state index in [0.717, 1.165) is 10.4 Å². The first kappa shape index (κ1) is 17.9. The second-order valence-electron chi connectivity index (χ2n) is 5.39. The van der Waals surface area contributed by atoms with Crippen LogP contribution >= 0.6 is 22.9 Å². The second-order valence-corrected chi connectivity index (χ2v) is 6.87. The molecule has 2 aromatic heterocycles. The predicted molar refractivity (Wildman–Crippen MR) is 101 cm³/mol. The quantitative estimate of drug-likeness (QED) is 0.396. The van der Waals surface area contributed by atoms with E-state index in [1.165, 1.54) is 17.6 Å². The minimum atomic E-state index is -0.491. The molecule has 0 bridgehead atoms. The number of aliphatic imine (C=N–C) groups is 1. The number of guanidine groups is 1. The van der Waals surface area contributed by atoms with Gasteiger partial charge in [0.2, 0.25) is 5.78 Å². The number of amides is 1. The van der Waals surface area contributed by atoms with Crippen molar-refractivity contribution in [1.29, 1.82) is 0 Å². The number of benzene rings is 1. The predicted octanol–water partition coefficient (Wildman–Crippen LogP) is 3.24. The van der Waals surface area contributed by atoms with Crippen LogP contribution in [0.2, 0.25) is 5.02 Å². The van der Waals surface area contributed by atoms with Crippen LogP contribution in [-0.4, -0.2) is 17.6 Å². The Morgan fingerprint density at radius 3 is 2.50 bits per heavy atom. The Morgan fingerprint density at radius 1 is 1.15 bits per heavy atom. The average molecular weight is 388 g/mol. The molecule has 0 aliphatic heterocycles. The van der Waals surface area contributed by atoms with Crippen molar-refractivity contribution in [1.82, 2.24) is 0 Å². The zero-order chi connectivity index (χ0) is 18.7. The number of furan rings is 1. The van der Waals surface area contributed by atoms with Crippen LogP contribution in [-0.2, 0) is 11.2 Å². The molecule has 0 aliphatic carbocycles. The van der Waals surface area contributed by atoms with Gasteiger partial charge in [0.05, 0.1) is 17.6 Å². The highest BCUT2D eigenvalue weighted by atomic mass is 35.5. The number of nitrogens with two attached hydrogens (primary N) is 2. The normalized spacial score (nSPS) is 10.5. The highest BCUT2D eigenvalue weighted by molar-refractivity contribution is 7.17. The van der Waals surface area contributed by atoms with Crippen molar-refractivity contribution < 1.29 is 14.0 Å². The maximum absolute atomic E-state index is 12.6. The maximum Gasteiger partial charge on any atom is 0.253 e. The summed E-state index contributed by atoms with van der Waals surface area (Å²) in [6, 6.07) is 12.0. The molecule has 0 fully saturated rings. The van der Waals surface area contributed by atoms with E-state index in [4.69, 9.17) is 27.5 Å². The fourth-order valence-electron chi connectivity index (χ4n) is 2.39. The van der Waals surface area contributed by atoms with E-state index < -0.39 is 5.91 Å². The van der Waals surface area contributed by atoms with Gasteiger partial charge in [-0.3, -0.25) is 9.59 Å². The molecule has 3 aromatic rings. The molecule has 2 heterocycles. The number of hydrogen-bond donors (Lipinski definition) is 2. The van der Waals surface area contributed by atoms with E-state index >= 15 is 0 Å². The van der Waals surface area contributed by atoms with E-state index in [2.05, 4.69) is 4.99 Å². The molecule has 0 radical (unpaired) electrons. The molecule has 0 spiro atoms. The lowest BCUT2D eigenvalue weighted by molar-refractivity contribution is -0.117. The topological polar surface area (TPSA) is 112 Å². The van der Waals surface area contributed by atoms with Crippen LogP contribution < -0.4 is 11.5 Å². The fraction of sp³-hybridized carbons (Fsp3) is 0.0556. The zero-order valence-electron chi connectivity index (χ0n) is 13.4. The summed E-state index contributed by atoms with van der Waals surface area (Å²) in [7, 11) is 0. The summed E-state index contributed by atoms with van der Waals surface area (Å²) in [5.41, 5.74) is 12.0. The Hall–Kier alpha value is -2.90. The lowest BCUT2D eigenvalue weighted by Crippen LogP contribution is -2.24. The summed E-state index contributed by atoms with van der Waals surface area (Å²) in [4.78, 5) is 29.3. The largest absolute Gasteiger partial charge is 0.461 e. The third kappa shape index (κ3) is 4.01. The van der Waals surface area contributed by atoms with E-state index in [1.54, 1.807) is 30.3 Å². The third-order valence-corrected chi connectivity index (χ3v) is 4.96. The van der Waals surface area contributed by atoms with Gasteiger partial charge in [-0.25, -0.2) is 0 Å². The number of rotatable bonds is 5. The molecule has 0 unspecified atom stereocenters. The molecule has 1 amide bonds. The summed E-state index contributed by atoms with van der Waals surface area (Å²) in [5.74, 6) is -0.813. The highest BCUT2D eigenvalue weighted by Gasteiger charge is 2.20. The minimum absolute atomic E-state index is 0.0300. The second kappa shape index (κ2) is 7.55. The molecule has 3 rings (SSSR count). The molecule has 0 atom stereocenters. The van der Waals surface area contributed by atoms with Crippen LogP contribution in [0.15, 0.2) is 58.1 Å². The summed E-state index contributed by atoms with van der Waals surface area (Å²) in [6.07, 6.45) is 1.40. The van der Waals surface area contributed by atoms with Crippen LogP contribution in [0.1, 0.15) is 21.0 Å². The Labute approximate surface area is 158 Å².